The Labute approximate surface area is 107 Å². The largest absolute Gasteiger partial charge is 0.399 e. The van der Waals surface area contributed by atoms with E-state index in [9.17, 15) is 0 Å². The van der Waals surface area contributed by atoms with Crippen LogP contribution >= 0.6 is 11.6 Å². The Morgan fingerprint density at radius 2 is 2.35 bits per heavy atom. The van der Waals surface area contributed by atoms with Gasteiger partial charge in [0.2, 0.25) is 0 Å². The number of morpholine rings is 1. The van der Waals surface area contributed by atoms with Gasteiger partial charge in [-0.2, -0.15) is 0 Å². The first-order valence-electron chi connectivity index (χ1n) is 5.91. The maximum Gasteiger partial charge on any atom is 0.133 e. The topological polar surface area (TPSA) is 51.4 Å². The molecule has 1 fully saturated rings. The summed E-state index contributed by atoms with van der Waals surface area (Å²) >= 11 is 5.95. The van der Waals surface area contributed by atoms with Crippen LogP contribution in [0.3, 0.4) is 0 Å². The summed E-state index contributed by atoms with van der Waals surface area (Å²) in [6, 6.07) is 3.87. The number of nitrogens with two attached hydrogens (primary N) is 1. The summed E-state index contributed by atoms with van der Waals surface area (Å²) in [4.78, 5) is 6.58. The van der Waals surface area contributed by atoms with Gasteiger partial charge in [0.25, 0.3) is 0 Å². The number of aromatic nitrogens is 1. The second kappa shape index (κ2) is 5.10. The van der Waals surface area contributed by atoms with E-state index in [-0.39, 0.29) is 6.10 Å². The zero-order valence-corrected chi connectivity index (χ0v) is 10.9. The highest BCUT2D eigenvalue weighted by Gasteiger charge is 2.26. The number of ether oxygens (including phenoxy) is 1. The third-order valence-corrected chi connectivity index (χ3v) is 3.23. The van der Waals surface area contributed by atoms with Gasteiger partial charge in [-0.1, -0.05) is 18.5 Å². The molecule has 1 aliphatic rings. The molecule has 0 saturated carbocycles. The Morgan fingerprint density at radius 3 is 3.00 bits per heavy atom. The van der Waals surface area contributed by atoms with E-state index in [1.54, 1.807) is 6.07 Å². The smallest absolute Gasteiger partial charge is 0.133 e. The molecule has 2 heterocycles. The third-order valence-electron chi connectivity index (χ3n) is 3.04. The van der Waals surface area contributed by atoms with Gasteiger partial charge in [0.1, 0.15) is 11.0 Å². The SMILES string of the molecule is CCC1COC(C)CN1c1cc(N)cc(Cl)n1. The summed E-state index contributed by atoms with van der Waals surface area (Å²) in [7, 11) is 0. The van der Waals surface area contributed by atoms with Crippen LogP contribution in [0.15, 0.2) is 12.1 Å². The van der Waals surface area contributed by atoms with Gasteiger partial charge in [0.15, 0.2) is 0 Å². The first-order chi connectivity index (χ1) is 8.10. The lowest BCUT2D eigenvalue weighted by atomic mass is 10.1. The summed E-state index contributed by atoms with van der Waals surface area (Å²) < 4.78 is 5.66. The van der Waals surface area contributed by atoms with E-state index in [1.165, 1.54) is 0 Å². The molecule has 2 N–H and O–H groups in total. The molecule has 0 amide bonds. The van der Waals surface area contributed by atoms with Crippen molar-refractivity contribution in [2.75, 3.05) is 23.8 Å². The zero-order valence-electron chi connectivity index (χ0n) is 10.2. The van der Waals surface area contributed by atoms with E-state index < -0.39 is 0 Å². The molecular weight excluding hydrogens is 238 g/mol. The van der Waals surface area contributed by atoms with Crippen LogP contribution in [0.2, 0.25) is 5.15 Å². The monoisotopic (exact) mass is 255 g/mol. The first kappa shape index (κ1) is 12.5. The fourth-order valence-electron chi connectivity index (χ4n) is 2.11. The molecule has 0 aliphatic carbocycles. The Kier molecular flexibility index (Phi) is 3.74. The predicted molar refractivity (Wildman–Crippen MR) is 70.5 cm³/mol. The molecule has 0 spiro atoms. The highest BCUT2D eigenvalue weighted by atomic mass is 35.5. The number of rotatable bonds is 2. The summed E-state index contributed by atoms with van der Waals surface area (Å²) in [5.74, 6) is 0.844. The standard InChI is InChI=1S/C12H18ClN3O/c1-3-10-7-17-8(2)6-16(10)12-5-9(14)4-11(13)15-12/h4-5,8,10H,3,6-7H2,1-2H3,(H2,14,15). The van der Waals surface area contributed by atoms with E-state index in [0.29, 0.717) is 16.9 Å². The van der Waals surface area contributed by atoms with Crippen molar-refractivity contribution in [2.45, 2.75) is 32.4 Å². The molecule has 94 valence electrons. The van der Waals surface area contributed by atoms with Gasteiger partial charge >= 0.3 is 0 Å². The molecule has 1 aromatic heterocycles. The van der Waals surface area contributed by atoms with Crippen molar-refractivity contribution in [3.8, 4) is 0 Å². The lowest BCUT2D eigenvalue weighted by Crippen LogP contribution is -2.49. The van der Waals surface area contributed by atoms with Gasteiger partial charge in [-0.3, -0.25) is 0 Å². The maximum atomic E-state index is 5.95. The number of anilines is 2. The van der Waals surface area contributed by atoms with Gasteiger partial charge in [-0.25, -0.2) is 4.98 Å². The second-order valence-electron chi connectivity index (χ2n) is 4.44. The highest BCUT2D eigenvalue weighted by molar-refractivity contribution is 6.29. The van der Waals surface area contributed by atoms with Crippen molar-refractivity contribution in [3.63, 3.8) is 0 Å². The van der Waals surface area contributed by atoms with Crippen LogP contribution in [0.25, 0.3) is 0 Å². The summed E-state index contributed by atoms with van der Waals surface area (Å²) in [5, 5.41) is 0.439. The number of nitrogen functional groups attached to an aromatic ring is 1. The van der Waals surface area contributed by atoms with Crippen LogP contribution in [-0.2, 0) is 4.74 Å². The molecule has 5 heteroatoms. The minimum atomic E-state index is 0.208. The summed E-state index contributed by atoms with van der Waals surface area (Å²) in [6.45, 7) is 5.76. The predicted octanol–water partition coefficient (Wildman–Crippen LogP) is 2.32. The molecule has 0 radical (unpaired) electrons. The fraction of sp³-hybridized carbons (Fsp3) is 0.583. The quantitative estimate of drug-likeness (QED) is 0.824. The van der Waals surface area contributed by atoms with Gasteiger partial charge < -0.3 is 15.4 Å². The third kappa shape index (κ3) is 2.82. The minimum Gasteiger partial charge on any atom is -0.399 e. The van der Waals surface area contributed by atoms with Crippen molar-refractivity contribution in [3.05, 3.63) is 17.3 Å². The molecular formula is C12H18ClN3O. The molecule has 2 unspecified atom stereocenters. The lowest BCUT2D eigenvalue weighted by Gasteiger charge is -2.39. The van der Waals surface area contributed by atoms with E-state index in [0.717, 1.165) is 25.4 Å². The van der Waals surface area contributed by atoms with Gasteiger partial charge in [0.05, 0.1) is 18.8 Å². The molecule has 1 saturated heterocycles. The Bertz CT molecular complexity index is 379. The molecule has 4 nitrogen and oxygen atoms in total. The number of pyridine rings is 1. The number of hydrogen-bond acceptors (Lipinski definition) is 4. The van der Waals surface area contributed by atoms with Crippen LogP contribution in [0.4, 0.5) is 11.5 Å². The first-order valence-corrected chi connectivity index (χ1v) is 6.29. The van der Waals surface area contributed by atoms with Crippen LogP contribution in [0.1, 0.15) is 20.3 Å². The van der Waals surface area contributed by atoms with Crippen molar-refractivity contribution in [2.24, 2.45) is 0 Å². The number of hydrogen-bond donors (Lipinski definition) is 1. The van der Waals surface area contributed by atoms with Crippen LogP contribution in [-0.4, -0.2) is 30.3 Å². The average molecular weight is 256 g/mol. The normalized spacial score (nSPS) is 25.0. The van der Waals surface area contributed by atoms with Crippen LogP contribution in [0, 0.1) is 0 Å². The van der Waals surface area contributed by atoms with E-state index in [4.69, 9.17) is 22.1 Å². The van der Waals surface area contributed by atoms with Gasteiger partial charge in [-0.15, -0.1) is 0 Å². The summed E-state index contributed by atoms with van der Waals surface area (Å²) in [5.41, 5.74) is 6.45. The van der Waals surface area contributed by atoms with E-state index in [2.05, 4.69) is 23.7 Å². The van der Waals surface area contributed by atoms with Gasteiger partial charge in [-0.05, 0) is 19.4 Å². The van der Waals surface area contributed by atoms with E-state index >= 15 is 0 Å². The van der Waals surface area contributed by atoms with Crippen LogP contribution in [0.5, 0.6) is 0 Å². The Hall–Kier alpha value is -1.00. The Morgan fingerprint density at radius 1 is 1.59 bits per heavy atom. The lowest BCUT2D eigenvalue weighted by molar-refractivity contribution is 0.0296. The zero-order chi connectivity index (χ0) is 12.4. The molecule has 1 aliphatic heterocycles. The fourth-order valence-corrected chi connectivity index (χ4v) is 2.32. The molecule has 2 rings (SSSR count). The molecule has 17 heavy (non-hydrogen) atoms. The number of halogens is 1. The number of nitrogens with zero attached hydrogens (tertiary/aromatic N) is 2. The summed E-state index contributed by atoms with van der Waals surface area (Å²) in [6.07, 6.45) is 1.22. The van der Waals surface area contributed by atoms with Crippen molar-refractivity contribution < 1.29 is 4.74 Å². The van der Waals surface area contributed by atoms with Crippen LogP contribution < -0.4 is 10.6 Å². The Balaban J connectivity index is 2.28. The average Bonchev–Trinajstić information content (AvgIpc) is 2.27. The van der Waals surface area contributed by atoms with Crippen molar-refractivity contribution in [1.29, 1.82) is 0 Å². The maximum absolute atomic E-state index is 5.95. The van der Waals surface area contributed by atoms with Gasteiger partial charge in [0, 0.05) is 18.3 Å². The molecule has 0 bridgehead atoms. The second-order valence-corrected chi connectivity index (χ2v) is 4.83. The molecule has 1 aromatic rings. The molecule has 0 aromatic carbocycles. The van der Waals surface area contributed by atoms with E-state index in [1.807, 2.05) is 6.07 Å². The molecule has 2 atom stereocenters. The van der Waals surface area contributed by atoms with Crippen molar-refractivity contribution in [1.82, 2.24) is 4.98 Å². The minimum absolute atomic E-state index is 0.208. The highest BCUT2D eigenvalue weighted by Crippen LogP contribution is 2.25. The van der Waals surface area contributed by atoms with Crippen molar-refractivity contribution >= 4 is 23.1 Å².